The highest BCUT2D eigenvalue weighted by molar-refractivity contribution is 14.1. The van der Waals surface area contributed by atoms with Crippen molar-refractivity contribution in [3.05, 3.63) is 201 Å². The molecule has 9 aromatic rings. The Morgan fingerprint density at radius 2 is 0.750 bits per heavy atom. The van der Waals surface area contributed by atoms with E-state index in [0.29, 0.717) is 0 Å². The predicted molar refractivity (Wildman–Crippen MR) is 285 cm³/mol. The molecule has 10 heteroatoms. The molecule has 64 heavy (non-hydrogen) atoms. The van der Waals surface area contributed by atoms with Crippen LogP contribution in [-0.4, -0.2) is 13.4 Å². The van der Waals surface area contributed by atoms with Gasteiger partial charge in [0, 0.05) is 73.0 Å². The lowest BCUT2D eigenvalue weighted by Gasteiger charge is -2.42. The summed E-state index contributed by atoms with van der Waals surface area (Å²) in [6.07, 6.45) is 0. The van der Waals surface area contributed by atoms with Crippen molar-refractivity contribution in [2.75, 3.05) is 9.80 Å². The Morgan fingerprint density at radius 1 is 0.344 bits per heavy atom. The van der Waals surface area contributed by atoms with Crippen LogP contribution in [0.1, 0.15) is 0 Å². The molecule has 0 N–H and O–H groups in total. The van der Waals surface area contributed by atoms with E-state index >= 15 is 0 Å². The molecule has 0 atom stereocenters. The first-order valence-corrected chi connectivity index (χ1v) is 25.0. The van der Waals surface area contributed by atoms with Gasteiger partial charge in [0.25, 0.3) is 0 Å². The van der Waals surface area contributed by atoms with Gasteiger partial charge in [0.1, 0.15) is 23.0 Å². The number of fused-ring (bicyclic) bond motifs is 8. The SMILES string of the molecule is Ic1ccc(Oc2cc3c4c(c2)N(c2ccccc2)c2ccccc2B4c2cc4c(cc2S3)Sc2cc(Oc3ccc(I)cc3)cc3c2B4c2ccccc2N3c2ccccc2)cc1. The summed E-state index contributed by atoms with van der Waals surface area (Å²) in [5.41, 5.74) is 14.8. The first-order valence-electron chi connectivity index (χ1n) is 21.2. The molecule has 9 aromatic carbocycles. The molecule has 4 aliphatic heterocycles. The molecule has 0 unspecified atom stereocenters. The van der Waals surface area contributed by atoms with Crippen LogP contribution in [0.3, 0.4) is 0 Å². The Bertz CT molecular complexity index is 3120. The maximum Gasteiger partial charge on any atom is 0.249 e. The molecule has 0 fully saturated rings. The number of rotatable bonds is 6. The summed E-state index contributed by atoms with van der Waals surface area (Å²) in [5.74, 6) is 3.28. The molecule has 0 saturated heterocycles. The molecule has 0 radical (unpaired) electrons. The van der Waals surface area contributed by atoms with Crippen LogP contribution in [-0.2, 0) is 0 Å². The van der Waals surface area contributed by atoms with Gasteiger partial charge in [-0.2, -0.15) is 0 Å². The van der Waals surface area contributed by atoms with Crippen LogP contribution in [0.15, 0.2) is 214 Å². The molecule has 0 amide bonds. The van der Waals surface area contributed by atoms with Crippen molar-refractivity contribution in [3.8, 4) is 23.0 Å². The van der Waals surface area contributed by atoms with Crippen molar-refractivity contribution < 1.29 is 9.47 Å². The van der Waals surface area contributed by atoms with Crippen LogP contribution >= 0.6 is 68.7 Å². The van der Waals surface area contributed by atoms with Crippen LogP contribution in [0.4, 0.5) is 34.1 Å². The van der Waals surface area contributed by atoms with Crippen molar-refractivity contribution >= 4 is 149 Å². The Hall–Kier alpha value is -5.53. The fourth-order valence-corrected chi connectivity index (χ4v) is 13.2. The average Bonchev–Trinajstić information content (AvgIpc) is 3.32. The van der Waals surface area contributed by atoms with Gasteiger partial charge < -0.3 is 19.3 Å². The van der Waals surface area contributed by atoms with E-state index in [-0.39, 0.29) is 13.4 Å². The van der Waals surface area contributed by atoms with Crippen molar-refractivity contribution in [2.24, 2.45) is 0 Å². The highest BCUT2D eigenvalue weighted by Gasteiger charge is 2.45. The highest BCUT2D eigenvalue weighted by Crippen LogP contribution is 2.48. The van der Waals surface area contributed by atoms with Gasteiger partial charge in [-0.1, -0.05) is 113 Å². The second-order valence-electron chi connectivity index (χ2n) is 16.3. The predicted octanol–water partition coefficient (Wildman–Crippen LogP) is 12.0. The van der Waals surface area contributed by atoms with E-state index in [1.165, 1.54) is 70.9 Å². The minimum atomic E-state index is 0.0188. The van der Waals surface area contributed by atoms with E-state index in [2.05, 4.69) is 249 Å². The summed E-state index contributed by atoms with van der Waals surface area (Å²) in [6.45, 7) is 0.0376. The molecule has 13 rings (SSSR count). The quantitative estimate of drug-likeness (QED) is 0.122. The van der Waals surface area contributed by atoms with Crippen LogP contribution in [0.2, 0.25) is 0 Å². The lowest BCUT2D eigenvalue weighted by Crippen LogP contribution is -2.63. The average molecular weight is 1080 g/mol. The maximum atomic E-state index is 6.71. The molecule has 0 saturated carbocycles. The van der Waals surface area contributed by atoms with Crippen LogP contribution in [0, 0.1) is 7.14 Å². The van der Waals surface area contributed by atoms with Gasteiger partial charge in [0.05, 0.1) is 0 Å². The van der Waals surface area contributed by atoms with E-state index in [9.17, 15) is 0 Å². The molecule has 0 spiro atoms. The molecular formula is C54H32B2I2N2O2S2. The largest absolute Gasteiger partial charge is 0.457 e. The summed E-state index contributed by atoms with van der Waals surface area (Å²) in [6, 6.07) is 70.1. The summed E-state index contributed by atoms with van der Waals surface area (Å²) in [5, 5.41) is 0. The Labute approximate surface area is 408 Å². The number of anilines is 6. The summed E-state index contributed by atoms with van der Waals surface area (Å²) in [4.78, 5) is 9.83. The molecule has 4 heterocycles. The molecule has 0 aliphatic carbocycles. The van der Waals surface area contributed by atoms with Crippen LogP contribution in [0.25, 0.3) is 0 Å². The van der Waals surface area contributed by atoms with Crippen molar-refractivity contribution in [1.82, 2.24) is 0 Å². The fourth-order valence-electron chi connectivity index (χ4n) is 9.95. The summed E-state index contributed by atoms with van der Waals surface area (Å²) in [7, 11) is 0. The normalized spacial score (nSPS) is 13.5. The Kier molecular flexibility index (Phi) is 9.46. The van der Waals surface area contributed by atoms with Gasteiger partial charge in [-0.05, 0) is 170 Å². The third kappa shape index (κ3) is 6.42. The van der Waals surface area contributed by atoms with Crippen molar-refractivity contribution in [1.29, 1.82) is 0 Å². The van der Waals surface area contributed by atoms with Gasteiger partial charge in [-0.25, -0.2) is 0 Å². The topological polar surface area (TPSA) is 24.9 Å². The van der Waals surface area contributed by atoms with Gasteiger partial charge in [-0.3, -0.25) is 0 Å². The maximum absolute atomic E-state index is 6.71. The summed E-state index contributed by atoms with van der Waals surface area (Å²) < 4.78 is 15.8. The van der Waals surface area contributed by atoms with E-state index in [1.807, 2.05) is 23.5 Å². The molecule has 4 nitrogen and oxygen atoms in total. The number of ether oxygens (including phenoxy) is 2. The van der Waals surface area contributed by atoms with Gasteiger partial charge in [0.15, 0.2) is 0 Å². The van der Waals surface area contributed by atoms with Crippen LogP contribution < -0.4 is 52.1 Å². The summed E-state index contributed by atoms with van der Waals surface area (Å²) >= 11 is 8.42. The van der Waals surface area contributed by atoms with Gasteiger partial charge in [0.2, 0.25) is 13.4 Å². The van der Waals surface area contributed by atoms with E-state index < -0.39 is 0 Å². The molecule has 302 valence electrons. The number of nitrogens with zero attached hydrogens (tertiary/aromatic N) is 2. The zero-order valence-corrected chi connectivity index (χ0v) is 39.9. The molecule has 0 aromatic heterocycles. The molecule has 4 aliphatic rings. The number of para-hydroxylation sites is 4. The third-order valence-electron chi connectivity index (χ3n) is 12.6. The first kappa shape index (κ1) is 38.9. The smallest absolute Gasteiger partial charge is 0.249 e. The first-order chi connectivity index (χ1) is 31.5. The fraction of sp³-hybridized carbons (Fsp3) is 0. The van der Waals surface area contributed by atoms with E-state index in [1.54, 1.807) is 0 Å². The number of benzene rings is 9. The standard InChI is InChI=1S/C54H32B2I2N2O2S2/c57-33-19-23-37(24-20-33)61-39-27-47-53-51(29-39)63-49-32-50-44(31-43(49)55(53)41-15-7-9-17-45(41)59(47)35-11-3-1-4-12-35)56-42-16-8-10-18-46(42)60(36-13-5-2-6-14-36)48-28-40(30-52(64-50)54(48)56)62-38-25-21-34(58)22-26-38/h1-32H. The van der Waals surface area contributed by atoms with Crippen molar-refractivity contribution in [3.63, 3.8) is 0 Å². The molecular weight excluding hydrogens is 1050 g/mol. The number of hydrogen-bond acceptors (Lipinski definition) is 6. The third-order valence-corrected chi connectivity index (χ3v) is 16.3. The van der Waals surface area contributed by atoms with Crippen molar-refractivity contribution in [2.45, 2.75) is 19.6 Å². The van der Waals surface area contributed by atoms with Gasteiger partial charge >= 0.3 is 0 Å². The van der Waals surface area contributed by atoms with Crippen LogP contribution in [0.5, 0.6) is 23.0 Å². The van der Waals surface area contributed by atoms with Gasteiger partial charge in [-0.15, -0.1) is 0 Å². The number of halogens is 2. The van der Waals surface area contributed by atoms with E-state index in [0.717, 1.165) is 45.7 Å². The minimum absolute atomic E-state index is 0.0188. The zero-order valence-electron chi connectivity index (χ0n) is 33.9. The highest BCUT2D eigenvalue weighted by atomic mass is 127. The number of hydrogen-bond donors (Lipinski definition) is 0. The lowest BCUT2D eigenvalue weighted by molar-refractivity contribution is 0.481. The zero-order chi connectivity index (χ0) is 42.5. The second-order valence-corrected chi connectivity index (χ2v) is 20.9. The Balaban J connectivity index is 1.02. The molecule has 0 bridgehead atoms. The van der Waals surface area contributed by atoms with E-state index in [4.69, 9.17) is 9.47 Å². The second kappa shape index (κ2) is 15.6. The minimum Gasteiger partial charge on any atom is -0.457 e. The lowest BCUT2D eigenvalue weighted by atomic mass is 9.32. The Morgan fingerprint density at radius 3 is 1.19 bits per heavy atom. The monoisotopic (exact) mass is 1080 g/mol.